The lowest BCUT2D eigenvalue weighted by Crippen LogP contribution is -2.42. The third-order valence-corrected chi connectivity index (χ3v) is 7.75. The molecule has 9 nitrogen and oxygen atoms in total. The molecule has 1 saturated heterocycles. The Morgan fingerprint density at radius 2 is 1.79 bits per heavy atom. The van der Waals surface area contributed by atoms with Gasteiger partial charge in [0, 0.05) is 37.5 Å². The Bertz CT molecular complexity index is 1990. The molecule has 0 N–H and O–H groups in total. The Balaban J connectivity index is 1.63. The summed E-state index contributed by atoms with van der Waals surface area (Å²) in [6, 6.07) is 7.87. The largest absolute Gasteiger partial charge is 0.353 e. The van der Waals surface area contributed by atoms with Gasteiger partial charge in [-0.25, -0.2) is 23.1 Å². The first-order valence-electron chi connectivity index (χ1n) is 12.1. The summed E-state index contributed by atoms with van der Waals surface area (Å²) in [5.74, 6) is -0.552. The average molecular weight is 537 g/mol. The van der Waals surface area contributed by atoms with Crippen molar-refractivity contribution in [1.29, 1.82) is 0 Å². The van der Waals surface area contributed by atoms with Crippen molar-refractivity contribution in [1.82, 2.24) is 23.1 Å². The van der Waals surface area contributed by atoms with Crippen LogP contribution in [0.15, 0.2) is 63.2 Å². The molecule has 192 valence electrons. The minimum Gasteiger partial charge on any atom is -0.353 e. The van der Waals surface area contributed by atoms with Crippen molar-refractivity contribution in [2.24, 2.45) is 0 Å². The van der Waals surface area contributed by atoms with Crippen molar-refractivity contribution in [2.75, 3.05) is 11.4 Å². The van der Waals surface area contributed by atoms with Crippen LogP contribution >= 0.6 is 11.6 Å². The van der Waals surface area contributed by atoms with E-state index in [1.807, 2.05) is 0 Å². The monoisotopic (exact) mass is 536 g/mol. The van der Waals surface area contributed by atoms with Crippen LogP contribution in [0.25, 0.3) is 28.1 Å². The van der Waals surface area contributed by atoms with Gasteiger partial charge >= 0.3 is 5.69 Å². The zero-order valence-corrected chi connectivity index (χ0v) is 20.5. The van der Waals surface area contributed by atoms with Gasteiger partial charge in [-0.3, -0.25) is 23.1 Å². The Morgan fingerprint density at radius 1 is 0.947 bits per heavy atom. The van der Waals surface area contributed by atoms with E-state index in [0.717, 1.165) is 42.5 Å². The van der Waals surface area contributed by atoms with Gasteiger partial charge in [-0.2, -0.15) is 0 Å². The number of fused-ring (bicyclic) bond motifs is 5. The molecule has 1 atom stereocenters. The van der Waals surface area contributed by atoms with E-state index >= 15 is 0 Å². The lowest BCUT2D eigenvalue weighted by Gasteiger charge is -2.30. The molecule has 2 aliphatic rings. The third-order valence-electron chi connectivity index (χ3n) is 7.46. The number of piperidine rings is 1. The SMILES string of the molecule is O=c1c2c(=O)n(-c3cnc4cc(F)ccn34)c(=O)n(-c3ccc(F)c(Cl)c3)c2cc2n1C[C@@H]1CCCCN21. The number of aromatic nitrogens is 5. The van der Waals surface area contributed by atoms with Crippen molar-refractivity contribution >= 4 is 34.0 Å². The van der Waals surface area contributed by atoms with Crippen molar-refractivity contribution in [3.8, 4) is 11.5 Å². The lowest BCUT2D eigenvalue weighted by molar-refractivity contribution is 0.460. The topological polar surface area (TPSA) is 86.5 Å². The van der Waals surface area contributed by atoms with Crippen LogP contribution in [-0.4, -0.2) is 35.7 Å². The summed E-state index contributed by atoms with van der Waals surface area (Å²) in [7, 11) is 0. The van der Waals surface area contributed by atoms with Crippen LogP contribution < -0.4 is 21.7 Å². The van der Waals surface area contributed by atoms with E-state index in [9.17, 15) is 23.2 Å². The molecule has 6 heterocycles. The summed E-state index contributed by atoms with van der Waals surface area (Å²) in [6.45, 7) is 1.21. The zero-order chi connectivity index (χ0) is 26.3. The van der Waals surface area contributed by atoms with Gasteiger partial charge in [-0.1, -0.05) is 11.6 Å². The first-order chi connectivity index (χ1) is 18.3. The second-order valence-corrected chi connectivity index (χ2v) is 9.98. The van der Waals surface area contributed by atoms with Crippen LogP contribution in [0, 0.1) is 11.6 Å². The number of hydrogen-bond acceptors (Lipinski definition) is 5. The number of halogens is 3. The molecule has 2 aliphatic heterocycles. The summed E-state index contributed by atoms with van der Waals surface area (Å²) in [5.41, 5.74) is -1.71. The van der Waals surface area contributed by atoms with Gasteiger partial charge in [-0.05, 0) is 43.5 Å². The number of hydrogen-bond donors (Lipinski definition) is 0. The third kappa shape index (κ3) is 3.14. The standard InChI is InChI=1S/C26H19ClF2N6O3/c27-17-10-15(4-5-18(17)29)34-19-11-21-31-7-2-1-3-16(31)13-33(21)24(36)23(19)25(37)35(26(34)38)22-12-30-20-9-14(28)6-8-32(20)22/h4-6,8-12,16H,1-3,7,13H2/t16-/m0/s1. The molecule has 12 heteroatoms. The van der Waals surface area contributed by atoms with Crippen LogP contribution in [0.1, 0.15) is 19.3 Å². The lowest BCUT2D eigenvalue weighted by atomic mass is 10.0. The molecule has 0 unspecified atom stereocenters. The highest BCUT2D eigenvalue weighted by molar-refractivity contribution is 6.30. The van der Waals surface area contributed by atoms with E-state index in [-0.39, 0.29) is 39.1 Å². The predicted molar refractivity (Wildman–Crippen MR) is 138 cm³/mol. The number of pyridine rings is 2. The van der Waals surface area contributed by atoms with Gasteiger partial charge in [-0.15, -0.1) is 0 Å². The number of imidazole rings is 1. The summed E-state index contributed by atoms with van der Waals surface area (Å²) in [4.78, 5) is 48.1. The second-order valence-electron chi connectivity index (χ2n) is 9.57. The number of rotatable bonds is 2. The van der Waals surface area contributed by atoms with Crippen LogP contribution in [0.2, 0.25) is 5.02 Å². The van der Waals surface area contributed by atoms with Crippen molar-refractivity contribution < 1.29 is 8.78 Å². The van der Waals surface area contributed by atoms with Crippen LogP contribution in [-0.2, 0) is 6.54 Å². The molecule has 0 spiro atoms. The fourth-order valence-corrected chi connectivity index (χ4v) is 5.88. The Kier molecular flexibility index (Phi) is 4.90. The van der Waals surface area contributed by atoms with E-state index in [4.69, 9.17) is 11.6 Å². The molecule has 5 aromatic rings. The summed E-state index contributed by atoms with van der Waals surface area (Å²) in [5, 5.41) is -0.426. The van der Waals surface area contributed by atoms with E-state index in [1.165, 1.54) is 39.6 Å². The highest BCUT2D eigenvalue weighted by Crippen LogP contribution is 2.33. The molecule has 0 aliphatic carbocycles. The highest BCUT2D eigenvalue weighted by atomic mass is 35.5. The van der Waals surface area contributed by atoms with Crippen molar-refractivity contribution in [3.63, 3.8) is 0 Å². The Morgan fingerprint density at radius 3 is 2.61 bits per heavy atom. The predicted octanol–water partition coefficient (Wildman–Crippen LogP) is 3.26. The molecule has 0 saturated carbocycles. The average Bonchev–Trinajstić information content (AvgIpc) is 3.48. The first kappa shape index (κ1) is 22.9. The van der Waals surface area contributed by atoms with Crippen LogP contribution in [0.3, 0.4) is 0 Å². The smallest absolute Gasteiger partial charge is 0.342 e. The molecule has 7 rings (SSSR count). The van der Waals surface area contributed by atoms with Gasteiger partial charge in [0.2, 0.25) is 0 Å². The number of anilines is 1. The van der Waals surface area contributed by atoms with Gasteiger partial charge in [0.15, 0.2) is 0 Å². The van der Waals surface area contributed by atoms with E-state index in [2.05, 4.69) is 9.88 Å². The first-order valence-corrected chi connectivity index (χ1v) is 12.5. The Labute approximate surface area is 217 Å². The van der Waals surface area contributed by atoms with Crippen molar-refractivity contribution in [3.05, 3.63) is 96.6 Å². The molecular formula is C26H19ClF2N6O3. The fourth-order valence-electron chi connectivity index (χ4n) is 5.70. The molecule has 1 fully saturated rings. The fraction of sp³-hybridized carbons (Fsp3) is 0.231. The molecule has 4 aromatic heterocycles. The molecule has 0 bridgehead atoms. The van der Waals surface area contributed by atoms with Gasteiger partial charge in [0.05, 0.1) is 22.4 Å². The molecule has 0 amide bonds. The maximum atomic E-state index is 14.1. The number of benzene rings is 1. The van der Waals surface area contributed by atoms with Crippen molar-refractivity contribution in [2.45, 2.75) is 31.8 Å². The maximum Gasteiger partial charge on any atom is 0.342 e. The highest BCUT2D eigenvalue weighted by Gasteiger charge is 2.34. The van der Waals surface area contributed by atoms with E-state index in [1.54, 1.807) is 10.6 Å². The summed E-state index contributed by atoms with van der Waals surface area (Å²) >= 11 is 6.06. The summed E-state index contributed by atoms with van der Waals surface area (Å²) < 4.78 is 32.8. The Hall–Kier alpha value is -4.25. The van der Waals surface area contributed by atoms with Gasteiger partial charge < -0.3 is 4.90 Å². The van der Waals surface area contributed by atoms with E-state index < -0.39 is 28.4 Å². The minimum absolute atomic E-state index is 0.0289. The quantitative estimate of drug-likeness (QED) is 0.346. The molecule has 1 aromatic carbocycles. The van der Waals surface area contributed by atoms with Crippen LogP contribution in [0.5, 0.6) is 0 Å². The molecule has 0 radical (unpaired) electrons. The summed E-state index contributed by atoms with van der Waals surface area (Å²) in [6.07, 6.45) is 5.54. The number of nitrogens with zero attached hydrogens (tertiary/aromatic N) is 6. The van der Waals surface area contributed by atoms with Crippen LogP contribution in [0.4, 0.5) is 14.6 Å². The normalized spacial score (nSPS) is 16.8. The van der Waals surface area contributed by atoms with Gasteiger partial charge in [0.1, 0.15) is 34.3 Å². The maximum absolute atomic E-state index is 14.1. The molecular weight excluding hydrogens is 518 g/mol. The van der Waals surface area contributed by atoms with Gasteiger partial charge in [0.25, 0.3) is 11.1 Å². The minimum atomic E-state index is -0.828. The van der Waals surface area contributed by atoms with E-state index in [0.29, 0.717) is 12.4 Å². The molecule has 38 heavy (non-hydrogen) atoms. The second kappa shape index (κ2) is 8.12. The zero-order valence-electron chi connectivity index (χ0n) is 19.8.